The van der Waals surface area contributed by atoms with E-state index in [-0.39, 0.29) is 0 Å². The van der Waals surface area contributed by atoms with E-state index in [9.17, 15) is 0 Å². The van der Waals surface area contributed by atoms with Crippen molar-refractivity contribution in [3.8, 4) is 0 Å². The first-order valence-electron chi connectivity index (χ1n) is 2.21. The minimum absolute atomic E-state index is 0.641. The van der Waals surface area contributed by atoms with Crippen molar-refractivity contribution in [3.05, 3.63) is 12.2 Å². The molecule has 0 aromatic carbocycles. The van der Waals surface area contributed by atoms with Crippen LogP contribution in [0.4, 0.5) is 0 Å². The Morgan fingerprint density at radius 1 is 1.89 bits per heavy atom. The van der Waals surface area contributed by atoms with Crippen LogP contribution in [0.3, 0.4) is 0 Å². The van der Waals surface area contributed by atoms with E-state index in [1.54, 1.807) is 11.1 Å². The fraction of sp³-hybridized carbons (Fsp3) is 0. The van der Waals surface area contributed by atoms with E-state index in [1.807, 2.05) is 0 Å². The van der Waals surface area contributed by atoms with Gasteiger partial charge in [0.2, 0.25) is 0 Å². The molecule has 1 aliphatic heterocycles. The summed E-state index contributed by atoms with van der Waals surface area (Å²) in [5.41, 5.74) is 0.641. The fourth-order valence-electron chi connectivity index (χ4n) is 0.392. The molecule has 1 heterocycles. The van der Waals surface area contributed by atoms with Crippen molar-refractivity contribution >= 4 is 28.1 Å². The quantitative estimate of drug-likeness (QED) is 0.426. The first kappa shape index (κ1) is 7.00. The van der Waals surface area contributed by atoms with Gasteiger partial charge in [0.05, 0.1) is 0 Å². The summed E-state index contributed by atoms with van der Waals surface area (Å²) < 4.78 is 3.84. The van der Waals surface area contributed by atoms with E-state index in [1.165, 1.54) is 11.9 Å². The molecule has 0 N–H and O–H groups in total. The summed E-state index contributed by atoms with van der Waals surface area (Å²) in [5, 5.41) is 0.774. The van der Waals surface area contributed by atoms with Gasteiger partial charge in [0.25, 0.3) is 0 Å². The molecule has 0 radical (unpaired) electrons. The second-order valence-electron chi connectivity index (χ2n) is 1.33. The maximum atomic E-state index is 5.45. The van der Waals surface area contributed by atoms with Crippen LogP contribution in [-0.4, -0.2) is 16.1 Å². The Labute approximate surface area is 66.8 Å². The zero-order valence-electron chi connectivity index (χ0n) is 4.48. The zero-order valence-corrected chi connectivity index (χ0v) is 6.70. The first-order chi connectivity index (χ1) is 4.34. The van der Waals surface area contributed by atoms with Crippen LogP contribution in [0, 0.1) is 6.58 Å². The Bertz CT molecular complexity index is 207. The Kier molecular flexibility index (Phi) is 2.45. The van der Waals surface area contributed by atoms with E-state index in [0.717, 1.165) is 5.04 Å². The van der Waals surface area contributed by atoms with E-state index in [2.05, 4.69) is 26.4 Å². The summed E-state index contributed by atoms with van der Waals surface area (Å²) >= 11 is 3.53. The van der Waals surface area contributed by atoms with Gasteiger partial charge in [0.15, 0.2) is 0 Å². The number of hydrogen-bond donors (Lipinski definition) is 0. The van der Waals surface area contributed by atoms with Crippen LogP contribution in [0.1, 0.15) is 0 Å². The van der Waals surface area contributed by atoms with E-state index in [4.69, 9.17) is 6.58 Å². The van der Waals surface area contributed by atoms with Crippen molar-refractivity contribution < 1.29 is 17.0 Å². The van der Waals surface area contributed by atoms with Gasteiger partial charge in [-0.25, -0.2) is 0 Å². The summed E-state index contributed by atoms with van der Waals surface area (Å²) in [4.78, 5) is 5.58. The number of nitrogens with zero attached hydrogens (tertiary/aromatic N) is 2. The molecule has 0 fully saturated rings. The molecule has 0 aromatic rings. The molecule has 1 rings (SSSR count). The molecule has 0 bridgehead atoms. The van der Waals surface area contributed by atoms with Crippen LogP contribution in [0.5, 0.6) is 0 Å². The Balaban J connectivity index is 2.77. The molecule has 0 unspecified atom stereocenters. The molecule has 0 aliphatic carbocycles. The fourth-order valence-corrected chi connectivity index (χ4v) is 1.22. The second kappa shape index (κ2) is 3.15. The molecular formula is C5H3N2SV-. The van der Waals surface area contributed by atoms with Crippen molar-refractivity contribution in [1.29, 1.82) is 0 Å². The van der Waals surface area contributed by atoms with E-state index < -0.39 is 0 Å². The molecule has 0 amide bonds. The van der Waals surface area contributed by atoms with Gasteiger partial charge in [-0.2, -0.15) is 0 Å². The summed E-state index contributed by atoms with van der Waals surface area (Å²) in [5.74, 6) is 0. The van der Waals surface area contributed by atoms with Crippen molar-refractivity contribution in [2.75, 3.05) is 0 Å². The van der Waals surface area contributed by atoms with Crippen molar-refractivity contribution in [2.24, 2.45) is 9.39 Å². The average molecular weight is 174 g/mol. The number of rotatable bonds is 1. The third-order valence-electron chi connectivity index (χ3n) is 0.753. The van der Waals surface area contributed by atoms with Gasteiger partial charge >= 0.3 is 66.6 Å². The molecule has 0 saturated heterocycles. The number of aliphatic imine (C=N–C) groups is 1. The third kappa shape index (κ3) is 1.64. The zero-order chi connectivity index (χ0) is 6.69. The van der Waals surface area contributed by atoms with Crippen LogP contribution < -0.4 is 0 Å². The molecule has 45 valence electrons. The Morgan fingerprint density at radius 2 is 2.67 bits per heavy atom. The van der Waals surface area contributed by atoms with Crippen LogP contribution in [-0.2, 0) is 17.0 Å². The maximum absolute atomic E-state index is 5.45. The van der Waals surface area contributed by atoms with Crippen LogP contribution >= 0.6 is 11.9 Å². The Hall–Kier alpha value is -0.116. The van der Waals surface area contributed by atoms with Crippen LogP contribution in [0.25, 0.3) is 0 Å². The number of hydrogen-bond acceptors (Lipinski definition) is 3. The molecule has 9 heavy (non-hydrogen) atoms. The van der Waals surface area contributed by atoms with Gasteiger partial charge in [-0.05, 0) is 0 Å². The minimum atomic E-state index is 0.641. The van der Waals surface area contributed by atoms with Gasteiger partial charge in [0.1, 0.15) is 0 Å². The predicted octanol–water partition coefficient (Wildman–Crippen LogP) is 0.783. The van der Waals surface area contributed by atoms with Crippen molar-refractivity contribution in [3.63, 3.8) is 0 Å². The molecule has 0 spiro atoms. The molecule has 4 heteroatoms. The van der Waals surface area contributed by atoms with Crippen LogP contribution in [0.2, 0.25) is 0 Å². The average Bonchev–Trinajstić information content (AvgIpc) is 2.18. The second-order valence-corrected chi connectivity index (χ2v) is 2.47. The first-order valence-corrected chi connectivity index (χ1v) is 3.79. The summed E-state index contributed by atoms with van der Waals surface area (Å²) in [6.07, 6.45) is 1.60. The molecule has 2 nitrogen and oxygen atoms in total. The van der Waals surface area contributed by atoms with Gasteiger partial charge in [-0.3, -0.25) is 0 Å². The van der Waals surface area contributed by atoms with Crippen molar-refractivity contribution in [2.45, 2.75) is 0 Å². The SMILES string of the molecule is [CH-]=C1C=NSC1=N[CH]=[V]. The monoisotopic (exact) mass is 174 g/mol. The molecule has 0 saturated carbocycles. The summed E-state index contributed by atoms with van der Waals surface area (Å²) in [6, 6.07) is 0. The predicted molar refractivity (Wildman–Crippen MR) is 37.4 cm³/mol. The Morgan fingerprint density at radius 3 is 3.11 bits per heavy atom. The summed E-state index contributed by atoms with van der Waals surface area (Å²) in [6.45, 7) is 5.45. The van der Waals surface area contributed by atoms with E-state index in [0.29, 0.717) is 5.57 Å². The van der Waals surface area contributed by atoms with E-state index >= 15 is 0 Å². The van der Waals surface area contributed by atoms with Gasteiger partial charge in [-0.15, -0.1) is 0 Å². The van der Waals surface area contributed by atoms with Gasteiger partial charge in [-0.1, -0.05) is 0 Å². The van der Waals surface area contributed by atoms with Crippen molar-refractivity contribution in [1.82, 2.24) is 0 Å². The topological polar surface area (TPSA) is 24.7 Å². The third-order valence-corrected chi connectivity index (χ3v) is 1.66. The standard InChI is InChI=1S/C5H3N2S.V/c1-4-3-7-8-5(4)6-2;/h1-3H;/q-1;. The van der Waals surface area contributed by atoms with Gasteiger partial charge in [0, 0.05) is 0 Å². The normalized spacial score (nSPS) is 21.2. The molecule has 1 aliphatic rings. The summed E-state index contributed by atoms with van der Waals surface area (Å²) in [7, 11) is 0. The molecule has 0 atom stereocenters. The van der Waals surface area contributed by atoms with Gasteiger partial charge < -0.3 is 0 Å². The van der Waals surface area contributed by atoms with Crippen LogP contribution in [0.15, 0.2) is 15.0 Å². The molecular weight excluding hydrogens is 171 g/mol. The molecule has 0 aromatic heterocycles.